The van der Waals surface area contributed by atoms with Gasteiger partial charge in [0.1, 0.15) is 18.5 Å². The van der Waals surface area contributed by atoms with E-state index in [0.717, 1.165) is 12.0 Å². The molecule has 3 aromatic rings. The van der Waals surface area contributed by atoms with Gasteiger partial charge in [-0.15, -0.1) is 10.2 Å². The summed E-state index contributed by atoms with van der Waals surface area (Å²) in [5.74, 6) is 2.01. The zero-order valence-corrected chi connectivity index (χ0v) is 15.1. The van der Waals surface area contributed by atoms with Gasteiger partial charge in [-0.25, -0.2) is 4.98 Å². The lowest BCUT2D eigenvalue weighted by Gasteiger charge is -2.29. The average molecular weight is 365 g/mol. The normalized spacial score (nSPS) is 13.2. The summed E-state index contributed by atoms with van der Waals surface area (Å²) in [6.45, 7) is 1.18. The van der Waals surface area contributed by atoms with E-state index < -0.39 is 0 Å². The second-order valence-corrected chi connectivity index (χ2v) is 6.23. The Balaban J connectivity index is 1.54. The summed E-state index contributed by atoms with van der Waals surface area (Å²) in [5, 5.41) is 7.51. The van der Waals surface area contributed by atoms with Crippen LogP contribution in [-0.2, 0) is 13.0 Å². The minimum Gasteiger partial charge on any atom is -0.493 e. The fourth-order valence-electron chi connectivity index (χ4n) is 3.22. The SMILES string of the molecule is COc1cc2c(cc1OC)CN(C(=O)c1ccc(-n3cnnc3)nc1)CC2. The molecule has 8 heteroatoms. The van der Waals surface area contributed by atoms with Crippen LogP contribution in [0.2, 0.25) is 0 Å². The first-order valence-corrected chi connectivity index (χ1v) is 8.53. The predicted octanol–water partition coefficient (Wildman–Crippen LogP) is 1.88. The molecule has 1 aromatic carbocycles. The number of carbonyl (C=O) groups is 1. The van der Waals surface area contributed by atoms with Crippen LogP contribution in [0, 0.1) is 0 Å². The van der Waals surface area contributed by atoms with Crippen LogP contribution in [0.3, 0.4) is 0 Å². The standard InChI is InChI=1S/C19H19N5O3/c1-26-16-7-13-5-6-23(10-15(13)8-17(16)27-2)19(25)14-3-4-18(20-9-14)24-11-21-22-12-24/h3-4,7-9,11-12H,5-6,10H2,1-2H3. The first-order chi connectivity index (χ1) is 13.2. The van der Waals surface area contributed by atoms with E-state index in [4.69, 9.17) is 9.47 Å². The van der Waals surface area contributed by atoms with Crippen molar-refractivity contribution in [2.75, 3.05) is 20.8 Å². The molecule has 0 aliphatic carbocycles. The van der Waals surface area contributed by atoms with Crippen LogP contribution in [0.15, 0.2) is 43.1 Å². The molecule has 0 spiro atoms. The van der Waals surface area contributed by atoms with Gasteiger partial charge in [-0.05, 0) is 41.8 Å². The molecule has 3 heterocycles. The summed E-state index contributed by atoms with van der Waals surface area (Å²) in [7, 11) is 3.23. The van der Waals surface area contributed by atoms with Crippen LogP contribution >= 0.6 is 0 Å². The maximum absolute atomic E-state index is 12.9. The van der Waals surface area contributed by atoms with E-state index in [9.17, 15) is 4.79 Å². The van der Waals surface area contributed by atoms with Crippen LogP contribution in [-0.4, -0.2) is 51.3 Å². The molecule has 2 aromatic heterocycles. The number of amides is 1. The van der Waals surface area contributed by atoms with Crippen molar-refractivity contribution >= 4 is 5.91 Å². The van der Waals surface area contributed by atoms with E-state index in [2.05, 4.69) is 15.2 Å². The number of methoxy groups -OCH3 is 2. The Hall–Kier alpha value is -3.42. The van der Waals surface area contributed by atoms with Gasteiger partial charge >= 0.3 is 0 Å². The van der Waals surface area contributed by atoms with Gasteiger partial charge in [-0.2, -0.15) is 0 Å². The molecule has 138 valence electrons. The molecule has 27 heavy (non-hydrogen) atoms. The van der Waals surface area contributed by atoms with Crippen molar-refractivity contribution < 1.29 is 14.3 Å². The first-order valence-electron chi connectivity index (χ1n) is 8.53. The molecular formula is C19H19N5O3. The van der Waals surface area contributed by atoms with E-state index in [1.165, 1.54) is 5.56 Å². The number of ether oxygens (including phenoxy) is 2. The molecule has 0 atom stereocenters. The monoisotopic (exact) mass is 365 g/mol. The Morgan fingerprint density at radius 1 is 1.04 bits per heavy atom. The summed E-state index contributed by atoms with van der Waals surface area (Å²) in [5.41, 5.74) is 2.80. The second-order valence-electron chi connectivity index (χ2n) is 6.23. The number of rotatable bonds is 4. The van der Waals surface area contributed by atoms with Gasteiger partial charge in [0.15, 0.2) is 11.5 Å². The molecular weight excluding hydrogens is 346 g/mol. The highest BCUT2D eigenvalue weighted by Crippen LogP contribution is 2.33. The predicted molar refractivity (Wildman–Crippen MR) is 97.1 cm³/mol. The molecule has 1 amide bonds. The summed E-state index contributed by atoms with van der Waals surface area (Å²) >= 11 is 0. The lowest BCUT2D eigenvalue weighted by molar-refractivity contribution is 0.0734. The quantitative estimate of drug-likeness (QED) is 0.702. The number of nitrogens with zero attached hydrogens (tertiary/aromatic N) is 5. The smallest absolute Gasteiger partial charge is 0.255 e. The number of fused-ring (bicyclic) bond motifs is 1. The molecule has 0 unspecified atom stereocenters. The molecule has 0 fully saturated rings. The van der Waals surface area contributed by atoms with Crippen LogP contribution in [0.5, 0.6) is 11.5 Å². The summed E-state index contributed by atoms with van der Waals surface area (Å²) in [6.07, 6.45) is 5.48. The van der Waals surface area contributed by atoms with E-state index in [-0.39, 0.29) is 5.91 Å². The molecule has 0 bridgehead atoms. The largest absolute Gasteiger partial charge is 0.493 e. The zero-order valence-electron chi connectivity index (χ0n) is 15.1. The third kappa shape index (κ3) is 3.21. The van der Waals surface area contributed by atoms with Crippen molar-refractivity contribution in [3.05, 3.63) is 59.8 Å². The Morgan fingerprint density at radius 2 is 1.74 bits per heavy atom. The van der Waals surface area contributed by atoms with Gasteiger partial charge in [0.2, 0.25) is 0 Å². The molecule has 1 aliphatic rings. The summed E-state index contributed by atoms with van der Waals surface area (Å²) < 4.78 is 12.4. The third-order valence-corrected chi connectivity index (χ3v) is 4.68. The lowest BCUT2D eigenvalue weighted by Crippen LogP contribution is -2.36. The summed E-state index contributed by atoms with van der Waals surface area (Å²) in [6, 6.07) is 7.49. The van der Waals surface area contributed by atoms with Crippen molar-refractivity contribution in [1.29, 1.82) is 0 Å². The first kappa shape index (κ1) is 17.0. The van der Waals surface area contributed by atoms with Gasteiger partial charge in [-0.3, -0.25) is 9.36 Å². The van der Waals surface area contributed by atoms with Crippen molar-refractivity contribution in [1.82, 2.24) is 24.6 Å². The van der Waals surface area contributed by atoms with Crippen LogP contribution < -0.4 is 9.47 Å². The Kier molecular flexibility index (Phi) is 4.45. The fraction of sp³-hybridized carbons (Fsp3) is 0.263. The Labute approximate surface area is 156 Å². The highest BCUT2D eigenvalue weighted by atomic mass is 16.5. The minimum atomic E-state index is -0.0433. The van der Waals surface area contributed by atoms with E-state index in [0.29, 0.717) is 36.0 Å². The molecule has 0 radical (unpaired) electrons. The number of aromatic nitrogens is 4. The maximum atomic E-state index is 12.9. The number of hydrogen-bond donors (Lipinski definition) is 0. The maximum Gasteiger partial charge on any atom is 0.255 e. The zero-order chi connectivity index (χ0) is 18.8. The van der Waals surface area contributed by atoms with Crippen molar-refractivity contribution in [2.45, 2.75) is 13.0 Å². The van der Waals surface area contributed by atoms with Crippen LogP contribution in [0.25, 0.3) is 5.82 Å². The molecule has 4 rings (SSSR count). The van der Waals surface area contributed by atoms with Crippen LogP contribution in [0.1, 0.15) is 21.5 Å². The van der Waals surface area contributed by atoms with E-state index in [1.807, 2.05) is 17.0 Å². The number of carbonyl (C=O) groups excluding carboxylic acids is 1. The van der Waals surface area contributed by atoms with Gasteiger partial charge in [0.05, 0.1) is 19.8 Å². The van der Waals surface area contributed by atoms with Gasteiger partial charge in [-0.1, -0.05) is 0 Å². The number of pyridine rings is 1. The molecule has 0 saturated heterocycles. The molecule has 0 N–H and O–H groups in total. The fourth-order valence-corrected chi connectivity index (χ4v) is 3.22. The van der Waals surface area contributed by atoms with Gasteiger partial charge in [0.25, 0.3) is 5.91 Å². The third-order valence-electron chi connectivity index (χ3n) is 4.68. The average Bonchev–Trinajstić information content (AvgIpc) is 3.26. The van der Waals surface area contributed by atoms with Gasteiger partial charge < -0.3 is 14.4 Å². The van der Waals surface area contributed by atoms with E-state index in [1.54, 1.807) is 49.8 Å². The molecule has 0 saturated carbocycles. The Morgan fingerprint density at radius 3 is 2.37 bits per heavy atom. The van der Waals surface area contributed by atoms with Gasteiger partial charge in [0, 0.05) is 19.3 Å². The second kappa shape index (κ2) is 7.06. The lowest BCUT2D eigenvalue weighted by atomic mass is 9.98. The molecule has 1 aliphatic heterocycles. The number of benzene rings is 1. The number of hydrogen-bond acceptors (Lipinski definition) is 6. The van der Waals surface area contributed by atoms with E-state index >= 15 is 0 Å². The van der Waals surface area contributed by atoms with Crippen molar-refractivity contribution in [3.8, 4) is 17.3 Å². The minimum absolute atomic E-state index is 0.0433. The van der Waals surface area contributed by atoms with Crippen molar-refractivity contribution in [2.24, 2.45) is 0 Å². The summed E-state index contributed by atoms with van der Waals surface area (Å²) in [4.78, 5) is 19.0. The van der Waals surface area contributed by atoms with Crippen molar-refractivity contribution in [3.63, 3.8) is 0 Å². The molecule has 8 nitrogen and oxygen atoms in total. The highest BCUT2D eigenvalue weighted by Gasteiger charge is 2.24. The topological polar surface area (TPSA) is 82.4 Å². The van der Waals surface area contributed by atoms with Crippen LogP contribution in [0.4, 0.5) is 0 Å². The highest BCUT2D eigenvalue weighted by molar-refractivity contribution is 5.94. The Bertz CT molecular complexity index is 954.